The predicted octanol–water partition coefficient (Wildman–Crippen LogP) is -4.13. The second kappa shape index (κ2) is 22.1. The molecule has 0 radical (unpaired) electrons. The molecule has 0 spiro atoms. The van der Waals surface area contributed by atoms with Crippen LogP contribution in [0.25, 0.3) is 0 Å². The van der Waals surface area contributed by atoms with Crippen molar-refractivity contribution in [2.75, 3.05) is 12.3 Å². The molecule has 1 aromatic carbocycles. The minimum absolute atomic E-state index is 0. The number of rotatable bonds is 16. The van der Waals surface area contributed by atoms with Gasteiger partial charge in [-0.3, -0.25) is 14.4 Å². The predicted molar refractivity (Wildman–Crippen MR) is 118 cm³/mol. The summed E-state index contributed by atoms with van der Waals surface area (Å²) in [5.41, 5.74) is -2.10. The number of nitrogens with one attached hydrogen (secondary N) is 1. The van der Waals surface area contributed by atoms with Crippen LogP contribution in [0.4, 0.5) is 0 Å². The van der Waals surface area contributed by atoms with Crippen molar-refractivity contribution in [3.05, 3.63) is 30.3 Å². The summed E-state index contributed by atoms with van der Waals surface area (Å²) in [5.74, 6) is 1.15. The maximum atomic E-state index is 11.1. The van der Waals surface area contributed by atoms with Gasteiger partial charge in [-0.15, -0.1) is 11.8 Å². The van der Waals surface area contributed by atoms with Crippen molar-refractivity contribution >= 4 is 27.0 Å². The molecule has 0 fully saturated rings. The number of thioether (sulfide) groups is 1. The minimum atomic E-state index is -4.87. The van der Waals surface area contributed by atoms with E-state index in [1.807, 2.05) is 17.8 Å². The van der Waals surface area contributed by atoms with Crippen LogP contribution in [0, 0.1) is 0 Å². The monoisotopic (exact) mass is 525 g/mol. The van der Waals surface area contributed by atoms with Crippen molar-refractivity contribution < 1.29 is 122 Å². The van der Waals surface area contributed by atoms with Crippen LogP contribution < -0.4 is 94.0 Å². The maximum absolute atomic E-state index is 11.1. The number of benzene rings is 1. The van der Waals surface area contributed by atoms with E-state index in [9.17, 15) is 9.13 Å². The normalized spacial score (nSPS) is 11.4. The summed E-state index contributed by atoms with van der Waals surface area (Å²) < 4.78 is 22.2. The molecule has 13 heteroatoms. The van der Waals surface area contributed by atoms with Crippen molar-refractivity contribution in [2.24, 2.45) is 0 Å². The zero-order valence-corrected chi connectivity index (χ0v) is 27.8. The van der Waals surface area contributed by atoms with Crippen LogP contribution in [0.1, 0.15) is 62.1 Å². The second-order valence-corrected chi connectivity index (χ2v) is 11.8. The van der Waals surface area contributed by atoms with E-state index in [-0.39, 0.29) is 99.5 Å². The van der Waals surface area contributed by atoms with E-state index in [2.05, 4.69) is 29.6 Å². The fraction of sp³-hybridized carbons (Fsp3) is 0.667. The van der Waals surface area contributed by atoms with E-state index in [1.165, 1.54) is 37.0 Å². The van der Waals surface area contributed by atoms with Gasteiger partial charge in [-0.1, -0.05) is 63.1 Å². The standard InChI is InChI=1S/C18H33NO6P2S.3Na.3H/c20-26(21,22)18(27(23,24)25)19-15-11-6-4-2-1-3-5-7-12-16-28-17-13-9-8-10-14-17;;;;;;/h8-10,13-14,18-19H,1-7,11-12,15-16H2,(H2,20,21,22)(H2,23,24,25);;;;;;/q;3*+1;3*-1. The molecule has 0 bridgehead atoms. The molecule has 0 amide bonds. The molecule has 0 atom stereocenters. The average Bonchev–Trinajstić information content (AvgIpc) is 2.60. The molecule has 0 saturated carbocycles. The summed E-state index contributed by atoms with van der Waals surface area (Å²) in [6.45, 7) is 0.181. The zero-order chi connectivity index (χ0) is 20.9. The van der Waals surface area contributed by atoms with Gasteiger partial charge in [0, 0.05) is 4.90 Å². The molecule has 168 valence electrons. The van der Waals surface area contributed by atoms with Gasteiger partial charge in [-0.25, -0.2) is 0 Å². The van der Waals surface area contributed by atoms with Gasteiger partial charge in [0.2, 0.25) is 5.52 Å². The Morgan fingerprint density at radius 3 is 1.61 bits per heavy atom. The largest absolute Gasteiger partial charge is 1.00 e. The summed E-state index contributed by atoms with van der Waals surface area (Å²) in [6.07, 6.45) is 9.73. The fourth-order valence-electron chi connectivity index (χ4n) is 2.84. The average molecular weight is 525 g/mol. The molecule has 1 rings (SSSR count). The van der Waals surface area contributed by atoms with Crippen molar-refractivity contribution in [1.82, 2.24) is 5.32 Å². The van der Waals surface area contributed by atoms with Gasteiger partial charge in [0.1, 0.15) is 0 Å². The Bertz CT molecular complexity index is 629. The number of unbranched alkanes of at least 4 members (excludes halogenated alkanes) is 8. The van der Waals surface area contributed by atoms with Crippen molar-refractivity contribution in [1.29, 1.82) is 0 Å². The van der Waals surface area contributed by atoms with Gasteiger partial charge in [0.25, 0.3) is 0 Å². The van der Waals surface area contributed by atoms with Crippen LogP contribution in [-0.4, -0.2) is 37.4 Å². The van der Waals surface area contributed by atoms with E-state index in [0.29, 0.717) is 6.42 Å². The maximum Gasteiger partial charge on any atom is 1.00 e. The molecule has 31 heavy (non-hydrogen) atoms. The fourth-order valence-corrected chi connectivity index (χ4v) is 6.07. The van der Waals surface area contributed by atoms with E-state index < -0.39 is 20.7 Å². The van der Waals surface area contributed by atoms with Crippen LogP contribution in [0.5, 0.6) is 0 Å². The van der Waals surface area contributed by atoms with Crippen LogP contribution in [-0.2, 0) is 9.13 Å². The molecule has 5 N–H and O–H groups in total. The summed E-state index contributed by atoms with van der Waals surface area (Å²) in [7, 11) is -9.75. The van der Waals surface area contributed by atoms with Crippen molar-refractivity contribution in [3.63, 3.8) is 0 Å². The Hall–Kier alpha value is 2.83. The first-order chi connectivity index (χ1) is 13.2. The van der Waals surface area contributed by atoms with Crippen molar-refractivity contribution in [3.8, 4) is 0 Å². The summed E-state index contributed by atoms with van der Waals surface area (Å²) in [5, 5.41) is 2.31. The topological polar surface area (TPSA) is 127 Å². The van der Waals surface area contributed by atoms with E-state index in [1.54, 1.807) is 0 Å². The SMILES string of the molecule is O=P(O)(O)C(NCCCCCCCCCCCSc1ccccc1)P(=O)(O)O.[H-].[H-].[H-].[Na+].[Na+].[Na+]. The Morgan fingerprint density at radius 1 is 0.742 bits per heavy atom. The molecule has 7 nitrogen and oxygen atoms in total. The summed E-state index contributed by atoms with van der Waals surface area (Å²) in [6, 6.07) is 10.4. The smallest absolute Gasteiger partial charge is 1.00 e. The Balaban J connectivity index is -0.000000327. The minimum Gasteiger partial charge on any atom is -1.00 e. The molecule has 0 unspecified atom stereocenters. The third-order valence-electron chi connectivity index (χ3n) is 4.30. The van der Waals surface area contributed by atoms with Gasteiger partial charge in [-0.05, 0) is 37.3 Å². The third kappa shape index (κ3) is 20.7. The summed E-state index contributed by atoms with van der Waals surface area (Å²) in [4.78, 5) is 37.3. The summed E-state index contributed by atoms with van der Waals surface area (Å²) >= 11 is 1.90. The number of hydrogen-bond acceptors (Lipinski definition) is 4. The van der Waals surface area contributed by atoms with E-state index in [4.69, 9.17) is 19.6 Å². The molecule has 0 saturated heterocycles. The first-order valence-electron chi connectivity index (χ1n) is 9.73. The second-order valence-electron chi connectivity index (χ2n) is 6.85. The number of hydrogen-bond donors (Lipinski definition) is 5. The Morgan fingerprint density at radius 2 is 1.16 bits per heavy atom. The van der Waals surface area contributed by atoms with Gasteiger partial charge >= 0.3 is 104 Å². The Labute approximate surface area is 261 Å². The quantitative estimate of drug-likeness (QED) is 0.0638. The van der Waals surface area contributed by atoms with E-state index >= 15 is 0 Å². The molecular weight excluding hydrogens is 489 g/mol. The van der Waals surface area contributed by atoms with Gasteiger partial charge < -0.3 is 23.9 Å². The first kappa shape index (κ1) is 38.4. The third-order valence-corrected chi connectivity index (χ3v) is 8.84. The molecule has 0 heterocycles. The van der Waals surface area contributed by atoms with Crippen LogP contribution in [0.15, 0.2) is 35.2 Å². The van der Waals surface area contributed by atoms with Crippen LogP contribution in [0.3, 0.4) is 0 Å². The van der Waals surface area contributed by atoms with Gasteiger partial charge in [-0.2, -0.15) is 0 Å². The molecule has 0 aliphatic heterocycles. The van der Waals surface area contributed by atoms with Crippen molar-refractivity contribution in [2.45, 2.75) is 68.2 Å². The van der Waals surface area contributed by atoms with Gasteiger partial charge in [0.05, 0.1) is 0 Å². The van der Waals surface area contributed by atoms with Crippen LogP contribution in [0.2, 0.25) is 0 Å². The molecule has 0 aromatic heterocycles. The molecular formula is C18H36NNa3O6P2S. The Kier molecular flexibility index (Phi) is 27.3. The van der Waals surface area contributed by atoms with Crippen LogP contribution >= 0.6 is 27.0 Å². The molecule has 1 aromatic rings. The van der Waals surface area contributed by atoms with Gasteiger partial charge in [0.15, 0.2) is 0 Å². The molecule has 0 aliphatic carbocycles. The molecule has 0 aliphatic rings. The first-order valence-corrected chi connectivity index (χ1v) is 14.1. The van der Waals surface area contributed by atoms with E-state index in [0.717, 1.165) is 25.0 Å². The zero-order valence-electron chi connectivity index (χ0n) is 22.2.